The minimum atomic E-state index is -3.55. The molecule has 19 heteroatoms. The van der Waals surface area contributed by atoms with Gasteiger partial charge < -0.3 is 49.7 Å². The molecule has 0 saturated heterocycles. The molecule has 330 valence electrons. The van der Waals surface area contributed by atoms with Gasteiger partial charge in [-0.2, -0.15) is 9.97 Å². The van der Waals surface area contributed by atoms with Gasteiger partial charge in [0.25, 0.3) is 0 Å². The summed E-state index contributed by atoms with van der Waals surface area (Å²) in [5.74, 6) is -1.21. The molecule has 0 fully saturated rings. The summed E-state index contributed by atoms with van der Waals surface area (Å²) in [4.78, 5) is 66.0. The van der Waals surface area contributed by atoms with Crippen LogP contribution in [0.4, 0.5) is 16.6 Å². The van der Waals surface area contributed by atoms with Gasteiger partial charge in [0, 0.05) is 38.5 Å². The van der Waals surface area contributed by atoms with Crippen LogP contribution in [-0.2, 0) is 44.0 Å². The lowest BCUT2D eigenvalue weighted by Gasteiger charge is -2.32. The van der Waals surface area contributed by atoms with E-state index in [0.717, 1.165) is 22.3 Å². The van der Waals surface area contributed by atoms with E-state index in [9.17, 15) is 23.7 Å². The highest BCUT2D eigenvalue weighted by atomic mass is 31.2. The van der Waals surface area contributed by atoms with Gasteiger partial charge in [0.2, 0.25) is 17.8 Å². The molecule has 5 rings (SSSR count). The fourth-order valence-electron chi connectivity index (χ4n) is 6.79. The lowest BCUT2D eigenvalue weighted by atomic mass is 9.98. The summed E-state index contributed by atoms with van der Waals surface area (Å²) in [5, 5.41) is 8.59. The Balaban J connectivity index is 1.12. The number of carbonyl (C=O) groups excluding carboxylic acids is 4. The van der Waals surface area contributed by atoms with E-state index in [1.807, 2.05) is 36.4 Å². The van der Waals surface area contributed by atoms with Gasteiger partial charge in [-0.1, -0.05) is 48.5 Å². The quantitative estimate of drug-likeness (QED) is 0.0491. The van der Waals surface area contributed by atoms with E-state index in [0.29, 0.717) is 19.5 Å². The number of imidazole rings is 1. The van der Waals surface area contributed by atoms with Crippen LogP contribution in [0.3, 0.4) is 0 Å². The zero-order chi connectivity index (χ0) is 44.4. The molecule has 0 spiro atoms. The van der Waals surface area contributed by atoms with Gasteiger partial charge in [0.15, 0.2) is 11.5 Å². The zero-order valence-corrected chi connectivity index (χ0v) is 36.9. The van der Waals surface area contributed by atoms with Crippen LogP contribution < -0.4 is 21.7 Å². The molecule has 18 nitrogen and oxygen atoms in total. The van der Waals surface area contributed by atoms with Gasteiger partial charge in [0.05, 0.1) is 30.3 Å². The molecule has 2 aromatic carbocycles. The van der Waals surface area contributed by atoms with Crippen LogP contribution in [-0.4, -0.2) is 112 Å². The summed E-state index contributed by atoms with van der Waals surface area (Å²) in [6, 6.07) is 16.1. The predicted octanol–water partition coefficient (Wildman–Crippen LogP) is 5.47. The van der Waals surface area contributed by atoms with Gasteiger partial charge in [-0.15, -0.1) is 0 Å². The average Bonchev–Trinajstić information content (AvgIpc) is 3.73. The van der Waals surface area contributed by atoms with Gasteiger partial charge in [-0.05, 0) is 77.1 Å². The summed E-state index contributed by atoms with van der Waals surface area (Å²) < 4.78 is 37.2. The molecule has 0 bridgehead atoms. The Hall–Kier alpha value is -5.58. The second kappa shape index (κ2) is 20.3. The van der Waals surface area contributed by atoms with E-state index in [4.69, 9.17) is 24.3 Å². The third-order valence-corrected chi connectivity index (χ3v) is 11.6. The third-order valence-electron chi connectivity index (χ3n) is 9.17. The van der Waals surface area contributed by atoms with Crippen LogP contribution in [0, 0.1) is 0 Å². The number of nitrogen functional groups attached to an aromatic ring is 1. The maximum absolute atomic E-state index is 13.7. The standard InChI is InChI=1S/C42H58N9O9P/c1-8-57-35(54)25-50(22-21-46-40(55)58-26-32-30-16-11-9-14-28(30)29-15-10-12-17-31(29)32)34(53)24-51-27-47-36-37(43)48-39(49-38(36)51)45-20-13-19-44-33(52)18-23-61(56,59-41(2,3)4)60-42(5,6)7/h9-12,14-17,27,32H,8,13,18-26H2,1-7H3,(H,44,52)(H,46,55)(H3,43,45,48,49). The first kappa shape index (κ1) is 46.5. The van der Waals surface area contributed by atoms with Crippen molar-refractivity contribution < 1.29 is 42.3 Å². The molecule has 1 aliphatic carbocycles. The number of ether oxygens (including phenoxy) is 2. The van der Waals surface area contributed by atoms with Crippen LogP contribution in [0.5, 0.6) is 0 Å². The van der Waals surface area contributed by atoms with E-state index in [-0.39, 0.29) is 86.7 Å². The number of benzene rings is 2. The van der Waals surface area contributed by atoms with Crippen LogP contribution in [0.2, 0.25) is 0 Å². The minimum absolute atomic E-state index is 0.00811. The van der Waals surface area contributed by atoms with Gasteiger partial charge in [-0.25, -0.2) is 9.78 Å². The third kappa shape index (κ3) is 13.5. The number of nitrogens with zero attached hydrogens (tertiary/aromatic N) is 5. The van der Waals surface area contributed by atoms with Crippen molar-refractivity contribution in [3.05, 3.63) is 66.0 Å². The number of carbonyl (C=O) groups is 4. The van der Waals surface area contributed by atoms with Gasteiger partial charge in [0.1, 0.15) is 25.2 Å². The van der Waals surface area contributed by atoms with Crippen LogP contribution in [0.15, 0.2) is 54.9 Å². The average molecular weight is 864 g/mol. The Morgan fingerprint density at radius 3 is 2.13 bits per heavy atom. The molecule has 0 radical (unpaired) electrons. The Morgan fingerprint density at radius 2 is 1.51 bits per heavy atom. The number of nitrogens with two attached hydrogens (primary N) is 1. The summed E-state index contributed by atoms with van der Waals surface area (Å²) in [6.45, 7) is 12.7. The molecule has 2 heterocycles. The molecule has 5 N–H and O–H groups in total. The van der Waals surface area contributed by atoms with E-state index >= 15 is 0 Å². The van der Waals surface area contributed by atoms with Crippen molar-refractivity contribution in [3.8, 4) is 11.1 Å². The summed E-state index contributed by atoms with van der Waals surface area (Å²) in [7, 11) is -3.55. The minimum Gasteiger partial charge on any atom is -0.465 e. The summed E-state index contributed by atoms with van der Waals surface area (Å²) >= 11 is 0. The molecular weight excluding hydrogens is 805 g/mol. The highest BCUT2D eigenvalue weighted by Gasteiger charge is 2.35. The number of amides is 3. The Bertz CT molecular complexity index is 2170. The number of hydrogen-bond donors (Lipinski definition) is 4. The maximum atomic E-state index is 13.7. The summed E-state index contributed by atoms with van der Waals surface area (Å²) in [5.41, 5.74) is 9.73. The van der Waals surface area contributed by atoms with E-state index in [2.05, 4.69) is 43.0 Å². The van der Waals surface area contributed by atoms with Crippen molar-refractivity contribution in [1.29, 1.82) is 0 Å². The molecule has 4 aromatic rings. The molecule has 0 aliphatic heterocycles. The maximum Gasteiger partial charge on any atom is 0.407 e. The van der Waals surface area contributed by atoms with E-state index < -0.39 is 36.8 Å². The SMILES string of the molecule is CCOC(=O)CN(CCNC(=O)OCC1c2ccccc2-c2ccccc21)C(=O)Cn1cnc2c(N)nc(NCCCNC(=O)CCP(=O)(OC(C)(C)C)OC(C)(C)C)nc21. The van der Waals surface area contributed by atoms with Crippen LogP contribution in [0.1, 0.15) is 78.4 Å². The fourth-order valence-corrected chi connectivity index (χ4v) is 9.16. The van der Waals surface area contributed by atoms with Crippen molar-refractivity contribution in [2.75, 3.05) is 63.1 Å². The lowest BCUT2D eigenvalue weighted by Crippen LogP contribution is -2.43. The number of rotatable bonds is 20. The first-order valence-corrected chi connectivity index (χ1v) is 22.1. The van der Waals surface area contributed by atoms with Crippen molar-refractivity contribution in [1.82, 2.24) is 35.1 Å². The highest BCUT2D eigenvalue weighted by molar-refractivity contribution is 7.54. The van der Waals surface area contributed by atoms with Gasteiger partial charge >= 0.3 is 19.7 Å². The zero-order valence-electron chi connectivity index (χ0n) is 36.0. The Kier molecular flexibility index (Phi) is 15.5. The van der Waals surface area contributed by atoms with Gasteiger partial charge in [-0.3, -0.25) is 18.9 Å². The first-order valence-electron chi connectivity index (χ1n) is 20.4. The number of anilines is 2. The topological polar surface area (TPSA) is 231 Å². The van der Waals surface area contributed by atoms with Crippen molar-refractivity contribution in [2.24, 2.45) is 0 Å². The Labute approximate surface area is 356 Å². The van der Waals surface area contributed by atoms with E-state index in [1.54, 1.807) is 48.5 Å². The van der Waals surface area contributed by atoms with Crippen molar-refractivity contribution >= 4 is 54.4 Å². The number of fused-ring (bicyclic) bond motifs is 4. The second-order valence-corrected chi connectivity index (χ2v) is 18.5. The number of hydrogen-bond acceptors (Lipinski definition) is 14. The molecular formula is C42H58N9O9P. The fraction of sp³-hybridized carbons (Fsp3) is 0.500. The largest absolute Gasteiger partial charge is 0.465 e. The summed E-state index contributed by atoms with van der Waals surface area (Å²) in [6.07, 6.45) is 1.14. The number of alkyl carbamates (subject to hydrolysis) is 1. The second-order valence-electron chi connectivity index (χ2n) is 16.5. The van der Waals surface area contributed by atoms with Crippen LogP contribution in [0.25, 0.3) is 22.3 Å². The first-order chi connectivity index (χ1) is 28.8. The highest BCUT2D eigenvalue weighted by Crippen LogP contribution is 2.54. The van der Waals surface area contributed by atoms with Crippen LogP contribution >= 0.6 is 7.60 Å². The lowest BCUT2D eigenvalue weighted by molar-refractivity contribution is -0.149. The van der Waals surface area contributed by atoms with Crippen molar-refractivity contribution in [3.63, 3.8) is 0 Å². The molecule has 0 unspecified atom stereocenters. The number of aromatic nitrogens is 4. The normalized spacial score (nSPS) is 12.7. The Morgan fingerprint density at radius 1 is 0.869 bits per heavy atom. The molecule has 61 heavy (non-hydrogen) atoms. The number of nitrogens with one attached hydrogen (secondary N) is 3. The molecule has 0 saturated carbocycles. The number of esters is 1. The molecule has 1 aliphatic rings. The predicted molar refractivity (Wildman–Crippen MR) is 231 cm³/mol. The monoisotopic (exact) mass is 863 g/mol. The van der Waals surface area contributed by atoms with Crippen molar-refractivity contribution in [2.45, 2.75) is 85.0 Å². The van der Waals surface area contributed by atoms with E-state index in [1.165, 1.54) is 15.8 Å². The smallest absolute Gasteiger partial charge is 0.407 e. The molecule has 0 atom stereocenters. The molecule has 3 amide bonds. The molecule has 2 aromatic heterocycles.